The number of carbonyl (C=O) groups excluding carboxylic acids is 2. The zero-order valence-electron chi connectivity index (χ0n) is 17.4. The van der Waals surface area contributed by atoms with Gasteiger partial charge in [-0.05, 0) is 74.0 Å². The van der Waals surface area contributed by atoms with Gasteiger partial charge in [-0.2, -0.15) is 0 Å². The van der Waals surface area contributed by atoms with Crippen LogP contribution in [0.5, 0.6) is 0 Å². The van der Waals surface area contributed by atoms with E-state index in [1.807, 2.05) is 0 Å². The molecule has 0 saturated heterocycles. The van der Waals surface area contributed by atoms with Crippen molar-refractivity contribution in [2.24, 2.45) is 40.4 Å². The minimum Gasteiger partial charge on any atom is -0.300 e. The summed E-state index contributed by atoms with van der Waals surface area (Å²) in [7, 11) is 0. The fourth-order valence-electron chi connectivity index (χ4n) is 7.78. The van der Waals surface area contributed by atoms with Crippen molar-refractivity contribution < 1.29 is 9.59 Å². The molecule has 0 aromatic carbocycles. The second-order valence-corrected chi connectivity index (χ2v) is 9.66. The first-order chi connectivity index (χ1) is 12.9. The molecule has 0 amide bonds. The maximum absolute atomic E-state index is 13.3. The zero-order valence-corrected chi connectivity index (χ0v) is 17.4. The Balaban J connectivity index is 0.000000614. The first-order valence-electron chi connectivity index (χ1n) is 10.6. The Kier molecular flexibility index (Phi) is 6.63. The van der Waals surface area contributed by atoms with Crippen molar-refractivity contribution in [1.29, 1.82) is 0 Å². The molecule has 2 nitrogen and oxygen atoms in total. The molecular formula is C25H36O2. The maximum atomic E-state index is 13.3. The topological polar surface area (TPSA) is 34.1 Å². The van der Waals surface area contributed by atoms with E-state index in [9.17, 15) is 9.59 Å². The van der Waals surface area contributed by atoms with Crippen LogP contribution in [0, 0.1) is 66.1 Å². The Morgan fingerprint density at radius 2 is 1.59 bits per heavy atom. The van der Waals surface area contributed by atoms with Gasteiger partial charge in [0.2, 0.25) is 0 Å². The zero-order chi connectivity index (χ0) is 20.4. The number of carbonyl (C=O) groups is 2. The van der Waals surface area contributed by atoms with Gasteiger partial charge < -0.3 is 0 Å². The lowest BCUT2D eigenvalue weighted by Crippen LogP contribution is -2.57. The monoisotopic (exact) mass is 368 g/mol. The molecule has 2 heteroatoms. The van der Waals surface area contributed by atoms with Gasteiger partial charge in [-0.1, -0.05) is 26.7 Å². The summed E-state index contributed by atoms with van der Waals surface area (Å²) >= 11 is 0. The largest absolute Gasteiger partial charge is 0.300 e. The van der Waals surface area contributed by atoms with Gasteiger partial charge in [0.15, 0.2) is 0 Å². The molecule has 3 unspecified atom stereocenters. The molecule has 0 radical (unpaired) electrons. The number of Topliss-reactive ketones (excluding diaryl/α,β-unsaturated/α-hetero) is 2. The fourth-order valence-corrected chi connectivity index (χ4v) is 7.78. The van der Waals surface area contributed by atoms with Crippen molar-refractivity contribution in [2.45, 2.75) is 78.6 Å². The first kappa shape index (κ1) is 21.8. The van der Waals surface area contributed by atoms with Crippen LogP contribution in [-0.4, -0.2) is 11.6 Å². The van der Waals surface area contributed by atoms with Crippen molar-refractivity contribution >= 4 is 11.6 Å². The number of hydrogen-bond donors (Lipinski definition) is 0. The fraction of sp³-hybridized carbons (Fsp3) is 0.760. The lowest BCUT2D eigenvalue weighted by Gasteiger charge is -2.59. The van der Waals surface area contributed by atoms with E-state index in [1.54, 1.807) is 6.92 Å². The third kappa shape index (κ3) is 3.27. The molecule has 0 aliphatic heterocycles. The molecule has 27 heavy (non-hydrogen) atoms. The molecule has 7 atom stereocenters. The quantitative estimate of drug-likeness (QED) is 0.588. The second-order valence-electron chi connectivity index (χ2n) is 9.66. The van der Waals surface area contributed by atoms with Crippen molar-refractivity contribution in [2.75, 3.05) is 0 Å². The van der Waals surface area contributed by atoms with Gasteiger partial charge in [-0.25, -0.2) is 0 Å². The lowest BCUT2D eigenvalue weighted by molar-refractivity contribution is -0.158. The van der Waals surface area contributed by atoms with Crippen LogP contribution in [0.3, 0.4) is 0 Å². The summed E-state index contributed by atoms with van der Waals surface area (Å²) in [6, 6.07) is 0. The number of hydrogen-bond acceptors (Lipinski definition) is 2. The van der Waals surface area contributed by atoms with Crippen molar-refractivity contribution in [3.63, 3.8) is 0 Å². The van der Waals surface area contributed by atoms with Crippen LogP contribution in [0.4, 0.5) is 0 Å². The van der Waals surface area contributed by atoms with E-state index in [0.29, 0.717) is 35.7 Å². The van der Waals surface area contributed by atoms with Crippen LogP contribution in [0.2, 0.25) is 0 Å². The third-order valence-corrected chi connectivity index (χ3v) is 8.76. The minimum atomic E-state index is -0.0397. The van der Waals surface area contributed by atoms with E-state index >= 15 is 0 Å². The van der Waals surface area contributed by atoms with Gasteiger partial charge >= 0.3 is 0 Å². The highest BCUT2D eigenvalue weighted by Gasteiger charge is 2.63. The summed E-state index contributed by atoms with van der Waals surface area (Å²) in [5, 5.41) is 0. The van der Waals surface area contributed by atoms with Gasteiger partial charge in [0.05, 0.1) is 0 Å². The summed E-state index contributed by atoms with van der Waals surface area (Å²) in [5.41, 5.74) is 0.218. The van der Waals surface area contributed by atoms with Crippen LogP contribution >= 0.6 is 0 Å². The van der Waals surface area contributed by atoms with E-state index in [1.165, 1.54) is 44.9 Å². The van der Waals surface area contributed by atoms with Gasteiger partial charge in [0.25, 0.3) is 0 Å². The lowest BCUT2D eigenvalue weighted by atomic mass is 9.44. The molecule has 0 aromatic heterocycles. The van der Waals surface area contributed by atoms with Gasteiger partial charge in [-0.3, -0.25) is 9.59 Å². The highest BCUT2D eigenvalue weighted by molar-refractivity contribution is 5.87. The summed E-state index contributed by atoms with van der Waals surface area (Å²) < 4.78 is 0. The Morgan fingerprint density at radius 3 is 2.22 bits per heavy atom. The van der Waals surface area contributed by atoms with E-state index < -0.39 is 0 Å². The number of fused-ring (bicyclic) bond motifs is 5. The van der Waals surface area contributed by atoms with E-state index in [2.05, 4.69) is 39.5 Å². The molecule has 4 aliphatic rings. The van der Waals surface area contributed by atoms with Crippen molar-refractivity contribution in [3.8, 4) is 25.7 Å². The Hall–Kier alpha value is -1.54. The summed E-state index contributed by atoms with van der Waals surface area (Å²) in [6.45, 7) is 6.44. The van der Waals surface area contributed by atoms with Crippen LogP contribution in [0.25, 0.3) is 0 Å². The summed E-state index contributed by atoms with van der Waals surface area (Å²) in [5.74, 6) is 3.20. The highest BCUT2D eigenvalue weighted by atomic mass is 16.1. The number of ketones is 2. The van der Waals surface area contributed by atoms with Crippen molar-refractivity contribution in [3.05, 3.63) is 0 Å². The molecule has 0 bridgehead atoms. The molecule has 0 spiro atoms. The third-order valence-electron chi connectivity index (χ3n) is 8.76. The minimum absolute atomic E-state index is 0.0397. The van der Waals surface area contributed by atoms with Crippen LogP contribution in [-0.2, 0) is 9.59 Å². The van der Waals surface area contributed by atoms with E-state index in [-0.39, 0.29) is 16.7 Å². The molecule has 0 N–H and O–H groups in total. The smallest absolute Gasteiger partial charge is 0.137 e. The molecule has 148 valence electrons. The van der Waals surface area contributed by atoms with Crippen LogP contribution in [0.1, 0.15) is 78.6 Å². The van der Waals surface area contributed by atoms with Crippen LogP contribution < -0.4 is 0 Å². The highest BCUT2D eigenvalue weighted by Crippen LogP contribution is 2.66. The number of terminal acetylenes is 2. The Labute approximate surface area is 166 Å². The maximum Gasteiger partial charge on any atom is 0.137 e. The number of rotatable bonds is 1. The predicted molar refractivity (Wildman–Crippen MR) is 111 cm³/mol. The summed E-state index contributed by atoms with van der Waals surface area (Å²) in [6.07, 6.45) is 26.7. The van der Waals surface area contributed by atoms with E-state index in [4.69, 9.17) is 0 Å². The summed E-state index contributed by atoms with van der Waals surface area (Å²) in [4.78, 5) is 25.4. The van der Waals surface area contributed by atoms with Gasteiger partial charge in [0, 0.05) is 18.3 Å². The van der Waals surface area contributed by atoms with Crippen LogP contribution in [0.15, 0.2) is 0 Å². The van der Waals surface area contributed by atoms with E-state index in [0.717, 1.165) is 12.3 Å². The molecule has 4 saturated carbocycles. The molecule has 4 rings (SSSR count). The molecule has 0 heterocycles. The Bertz CT molecular complexity index is 608. The van der Waals surface area contributed by atoms with Gasteiger partial charge in [-0.15, -0.1) is 25.7 Å². The Morgan fingerprint density at radius 1 is 0.926 bits per heavy atom. The average Bonchev–Trinajstić information content (AvgIpc) is 3.01. The normalized spacial score (nSPS) is 44.9. The molecule has 4 aliphatic carbocycles. The van der Waals surface area contributed by atoms with Crippen molar-refractivity contribution in [1.82, 2.24) is 0 Å². The molecular weight excluding hydrogens is 332 g/mol. The first-order valence-corrected chi connectivity index (χ1v) is 10.6. The SMILES string of the molecule is C#C.C#C.CC(=O)[C@H]1CCC2[C@@H]3CCC4CCCC[C@]4(C)C3C(=O)C[C@@]21C. The second kappa shape index (κ2) is 8.22. The molecule has 0 aromatic rings. The standard InChI is InChI=1S/C21H32O2.2C2H2/c1-13(22)16-9-10-17-15-8-7-14-6-4-5-11-20(14,2)19(15)18(23)12-21(16,17)3;2*1-2/h14-17,19H,4-12H2,1-3H3;2*1-2H/t14?,15-,16+,17?,19?,20-,21+;;/m0../s1. The van der Waals surface area contributed by atoms with Gasteiger partial charge in [0.1, 0.15) is 11.6 Å². The molecule has 4 fully saturated rings. The predicted octanol–water partition coefficient (Wildman–Crippen LogP) is 5.30. The average molecular weight is 369 g/mol.